The molecule has 22 heavy (non-hydrogen) atoms. The zero-order chi connectivity index (χ0) is 15.2. The summed E-state index contributed by atoms with van der Waals surface area (Å²) in [4.78, 5) is 14.1. The van der Waals surface area contributed by atoms with Crippen LogP contribution in [0.4, 0.5) is 0 Å². The summed E-state index contributed by atoms with van der Waals surface area (Å²) in [6.45, 7) is 4.40. The summed E-state index contributed by atoms with van der Waals surface area (Å²) in [5.74, 6) is 1.44. The van der Waals surface area contributed by atoms with Gasteiger partial charge in [0.25, 0.3) is 0 Å². The van der Waals surface area contributed by atoms with Gasteiger partial charge in [-0.3, -0.25) is 4.79 Å². The molecule has 0 N–H and O–H groups in total. The van der Waals surface area contributed by atoms with Gasteiger partial charge in [-0.05, 0) is 50.5 Å². The zero-order valence-corrected chi connectivity index (χ0v) is 13.6. The van der Waals surface area contributed by atoms with Crippen molar-refractivity contribution in [2.24, 2.45) is 0 Å². The van der Waals surface area contributed by atoms with E-state index in [1.807, 2.05) is 49.3 Å². The number of hydrogen-bond acceptors (Lipinski definition) is 3. The highest BCUT2D eigenvalue weighted by Crippen LogP contribution is 2.21. The van der Waals surface area contributed by atoms with Gasteiger partial charge >= 0.3 is 0 Å². The molecule has 0 spiro atoms. The summed E-state index contributed by atoms with van der Waals surface area (Å²) >= 11 is 0. The van der Waals surface area contributed by atoms with Crippen molar-refractivity contribution >= 4 is 18.2 Å². The topological polar surface area (TPSA) is 29.5 Å². The van der Waals surface area contributed by atoms with Gasteiger partial charge in [0.2, 0.25) is 0 Å². The number of carbonyl (C=O) groups excluding carboxylic acids is 1. The molecule has 0 heterocycles. The molecule has 0 aliphatic heterocycles. The Balaban J connectivity index is 0.00000242. The molecule has 0 bridgehead atoms. The van der Waals surface area contributed by atoms with Crippen LogP contribution in [0.2, 0.25) is 0 Å². The van der Waals surface area contributed by atoms with Crippen LogP contribution in [0.5, 0.6) is 11.5 Å². The molecule has 0 radical (unpaired) electrons. The van der Waals surface area contributed by atoms with Crippen molar-refractivity contribution in [3.05, 3.63) is 72.3 Å². The standard InChI is InChI=1S/C18H19NO2.ClH/c1-14(13-19(2)3)18(20)15-9-11-17(12-10-15)21-16-7-5-4-6-8-16;/h4-12H,1,13H2,2-3H3;1H. The second kappa shape index (κ2) is 8.37. The maximum Gasteiger partial charge on any atom is 0.189 e. The third-order valence-electron chi connectivity index (χ3n) is 2.92. The maximum absolute atomic E-state index is 12.2. The molecule has 3 nitrogen and oxygen atoms in total. The van der Waals surface area contributed by atoms with Crippen LogP contribution < -0.4 is 4.74 Å². The lowest BCUT2D eigenvalue weighted by Crippen LogP contribution is -2.19. The predicted molar refractivity (Wildman–Crippen MR) is 92.2 cm³/mol. The second-order valence-corrected chi connectivity index (χ2v) is 5.11. The Labute approximate surface area is 137 Å². The quantitative estimate of drug-likeness (QED) is 0.590. The van der Waals surface area contributed by atoms with Crippen molar-refractivity contribution in [2.75, 3.05) is 20.6 Å². The Bertz CT molecular complexity index is 621. The summed E-state index contributed by atoms with van der Waals surface area (Å²) < 4.78 is 5.70. The first-order valence-electron chi connectivity index (χ1n) is 6.76. The van der Waals surface area contributed by atoms with Gasteiger partial charge in [0.1, 0.15) is 11.5 Å². The molecule has 2 aromatic rings. The number of halogens is 1. The lowest BCUT2D eigenvalue weighted by atomic mass is 10.0. The molecule has 2 aromatic carbocycles. The van der Waals surface area contributed by atoms with Crippen molar-refractivity contribution in [2.45, 2.75) is 0 Å². The van der Waals surface area contributed by atoms with Crippen LogP contribution in [0.3, 0.4) is 0 Å². The van der Waals surface area contributed by atoms with Gasteiger partial charge < -0.3 is 9.64 Å². The summed E-state index contributed by atoms with van der Waals surface area (Å²) in [7, 11) is 3.82. The Kier molecular flexibility index (Phi) is 6.83. The monoisotopic (exact) mass is 317 g/mol. The Morgan fingerprint density at radius 1 is 1.00 bits per heavy atom. The van der Waals surface area contributed by atoms with Crippen LogP contribution in [0.15, 0.2) is 66.7 Å². The molecule has 2 rings (SSSR count). The molecule has 116 valence electrons. The Morgan fingerprint density at radius 3 is 2.09 bits per heavy atom. The van der Waals surface area contributed by atoms with E-state index in [4.69, 9.17) is 4.74 Å². The van der Waals surface area contributed by atoms with E-state index in [0.717, 1.165) is 5.75 Å². The van der Waals surface area contributed by atoms with Crippen LogP contribution in [0, 0.1) is 0 Å². The van der Waals surface area contributed by atoms with E-state index in [9.17, 15) is 4.79 Å². The van der Waals surface area contributed by atoms with Crippen LogP contribution in [-0.2, 0) is 0 Å². The minimum absolute atomic E-state index is 0. The number of nitrogens with zero attached hydrogens (tertiary/aromatic N) is 1. The third-order valence-corrected chi connectivity index (χ3v) is 2.92. The summed E-state index contributed by atoms with van der Waals surface area (Å²) in [5.41, 5.74) is 1.21. The predicted octanol–water partition coefficient (Wildman–Crippen LogP) is 4.20. The molecule has 4 heteroatoms. The Hall–Kier alpha value is -2.10. The SMILES string of the molecule is C=C(CN(C)C)C(=O)c1ccc(Oc2ccccc2)cc1.Cl. The van der Waals surface area contributed by atoms with E-state index >= 15 is 0 Å². The lowest BCUT2D eigenvalue weighted by molar-refractivity contribution is 0.102. The van der Waals surface area contributed by atoms with Gasteiger partial charge in [-0.1, -0.05) is 24.8 Å². The molecular weight excluding hydrogens is 298 g/mol. The summed E-state index contributed by atoms with van der Waals surface area (Å²) in [6.07, 6.45) is 0. The average molecular weight is 318 g/mol. The molecule has 0 amide bonds. The van der Waals surface area contributed by atoms with E-state index < -0.39 is 0 Å². The van der Waals surface area contributed by atoms with Crippen LogP contribution in [-0.4, -0.2) is 31.3 Å². The summed E-state index contributed by atoms with van der Waals surface area (Å²) in [5, 5.41) is 0. The second-order valence-electron chi connectivity index (χ2n) is 5.11. The number of para-hydroxylation sites is 1. The van der Waals surface area contributed by atoms with Crippen molar-refractivity contribution in [3.63, 3.8) is 0 Å². The van der Waals surface area contributed by atoms with Crippen molar-refractivity contribution in [3.8, 4) is 11.5 Å². The van der Waals surface area contributed by atoms with E-state index in [2.05, 4.69) is 6.58 Å². The molecule has 0 aliphatic rings. The normalized spacial score (nSPS) is 9.95. The number of ether oxygens (including phenoxy) is 1. The van der Waals surface area contributed by atoms with E-state index in [-0.39, 0.29) is 18.2 Å². The van der Waals surface area contributed by atoms with Crippen LogP contribution >= 0.6 is 12.4 Å². The van der Waals surface area contributed by atoms with Crippen molar-refractivity contribution in [1.29, 1.82) is 0 Å². The van der Waals surface area contributed by atoms with Crippen molar-refractivity contribution in [1.82, 2.24) is 4.90 Å². The number of Topliss-reactive ketones (excluding diaryl/α,β-unsaturated/α-hetero) is 1. The number of hydrogen-bond donors (Lipinski definition) is 0. The first-order chi connectivity index (χ1) is 10.1. The van der Waals surface area contributed by atoms with Gasteiger partial charge in [0.15, 0.2) is 5.78 Å². The number of carbonyl (C=O) groups is 1. The summed E-state index contributed by atoms with van der Waals surface area (Å²) in [6, 6.07) is 16.7. The highest BCUT2D eigenvalue weighted by molar-refractivity contribution is 6.08. The van der Waals surface area contributed by atoms with Crippen molar-refractivity contribution < 1.29 is 9.53 Å². The number of rotatable bonds is 6. The first-order valence-corrected chi connectivity index (χ1v) is 6.76. The van der Waals surface area contributed by atoms with Gasteiger partial charge in [0.05, 0.1) is 0 Å². The molecule has 0 aromatic heterocycles. The molecule has 0 fully saturated rings. The zero-order valence-electron chi connectivity index (χ0n) is 12.8. The van der Waals surface area contributed by atoms with Gasteiger partial charge in [-0.25, -0.2) is 0 Å². The smallest absolute Gasteiger partial charge is 0.189 e. The molecule has 0 saturated heterocycles. The minimum atomic E-state index is -0.0324. The molecular formula is C18H20ClNO2. The van der Waals surface area contributed by atoms with Crippen LogP contribution in [0.25, 0.3) is 0 Å². The first kappa shape index (κ1) is 18.0. The molecule has 0 unspecified atom stereocenters. The average Bonchev–Trinajstić information content (AvgIpc) is 2.47. The van der Waals surface area contributed by atoms with Gasteiger partial charge in [0, 0.05) is 17.7 Å². The highest BCUT2D eigenvalue weighted by Gasteiger charge is 2.11. The van der Waals surface area contributed by atoms with E-state index in [1.54, 1.807) is 24.3 Å². The molecule has 0 atom stereocenters. The van der Waals surface area contributed by atoms with E-state index in [1.165, 1.54) is 0 Å². The van der Waals surface area contributed by atoms with Gasteiger partial charge in [-0.15, -0.1) is 12.4 Å². The molecule has 0 aliphatic carbocycles. The molecule has 0 saturated carbocycles. The fraction of sp³-hybridized carbons (Fsp3) is 0.167. The van der Waals surface area contributed by atoms with Gasteiger partial charge in [-0.2, -0.15) is 0 Å². The lowest BCUT2D eigenvalue weighted by Gasteiger charge is -2.11. The number of likely N-dealkylation sites (N-methyl/N-ethyl adjacent to an activating group) is 1. The van der Waals surface area contributed by atoms with Crippen LogP contribution in [0.1, 0.15) is 10.4 Å². The fourth-order valence-electron chi connectivity index (χ4n) is 1.96. The highest BCUT2D eigenvalue weighted by atomic mass is 35.5. The minimum Gasteiger partial charge on any atom is -0.457 e. The largest absolute Gasteiger partial charge is 0.457 e. The Morgan fingerprint density at radius 2 is 1.55 bits per heavy atom. The number of ketones is 1. The maximum atomic E-state index is 12.2. The number of benzene rings is 2. The fourth-order valence-corrected chi connectivity index (χ4v) is 1.96. The third kappa shape index (κ3) is 5.02. The van der Waals surface area contributed by atoms with E-state index in [0.29, 0.717) is 23.4 Å².